The van der Waals surface area contributed by atoms with Crippen molar-refractivity contribution >= 4 is 11.4 Å². The summed E-state index contributed by atoms with van der Waals surface area (Å²) in [6.45, 7) is 3.90. The minimum Gasteiger partial charge on any atom is -0.400 e. The molecule has 3 nitrogen and oxygen atoms in total. The maximum Gasteiger partial charge on any atom is 0.0580 e. The summed E-state index contributed by atoms with van der Waals surface area (Å²) in [4.78, 5) is 0. The SMILES string of the molecule is CO.Cc1ccc(C)c(N)c1N. The molecule has 5 N–H and O–H groups in total. The smallest absolute Gasteiger partial charge is 0.0580 e. The van der Waals surface area contributed by atoms with Crippen molar-refractivity contribution in [3.8, 4) is 0 Å². The van der Waals surface area contributed by atoms with Crippen molar-refractivity contribution in [2.45, 2.75) is 13.8 Å². The fraction of sp³-hybridized carbons (Fsp3) is 0.333. The highest BCUT2D eigenvalue weighted by molar-refractivity contribution is 5.70. The van der Waals surface area contributed by atoms with Gasteiger partial charge in [-0.3, -0.25) is 0 Å². The summed E-state index contributed by atoms with van der Waals surface area (Å²) in [5, 5.41) is 7.00. The molecule has 0 fully saturated rings. The molecule has 0 aliphatic carbocycles. The molecule has 0 amide bonds. The lowest BCUT2D eigenvalue weighted by molar-refractivity contribution is 0.399. The first-order chi connectivity index (χ1) is 5.63. The van der Waals surface area contributed by atoms with E-state index in [4.69, 9.17) is 16.6 Å². The molecule has 0 aromatic heterocycles. The largest absolute Gasteiger partial charge is 0.400 e. The van der Waals surface area contributed by atoms with Gasteiger partial charge in [0.2, 0.25) is 0 Å². The number of hydrogen-bond acceptors (Lipinski definition) is 3. The van der Waals surface area contributed by atoms with Gasteiger partial charge >= 0.3 is 0 Å². The summed E-state index contributed by atoms with van der Waals surface area (Å²) in [5.74, 6) is 0. The van der Waals surface area contributed by atoms with E-state index >= 15 is 0 Å². The van der Waals surface area contributed by atoms with Gasteiger partial charge in [0.05, 0.1) is 11.4 Å². The van der Waals surface area contributed by atoms with Gasteiger partial charge in [0.1, 0.15) is 0 Å². The van der Waals surface area contributed by atoms with Crippen molar-refractivity contribution in [1.82, 2.24) is 0 Å². The van der Waals surface area contributed by atoms with E-state index in [1.165, 1.54) is 0 Å². The van der Waals surface area contributed by atoms with E-state index in [-0.39, 0.29) is 0 Å². The molecule has 0 radical (unpaired) electrons. The Kier molecular flexibility index (Phi) is 4.15. The van der Waals surface area contributed by atoms with Gasteiger partial charge in [-0.15, -0.1) is 0 Å². The van der Waals surface area contributed by atoms with Crippen LogP contribution in [0.1, 0.15) is 11.1 Å². The van der Waals surface area contributed by atoms with Crippen molar-refractivity contribution in [2.75, 3.05) is 18.6 Å². The molecule has 0 bridgehead atoms. The molecule has 12 heavy (non-hydrogen) atoms. The highest BCUT2D eigenvalue weighted by Crippen LogP contribution is 2.22. The van der Waals surface area contributed by atoms with Crippen LogP contribution in [0.15, 0.2) is 12.1 Å². The van der Waals surface area contributed by atoms with Crippen LogP contribution >= 0.6 is 0 Å². The maximum atomic E-state index is 7.00. The zero-order chi connectivity index (χ0) is 9.72. The molecule has 0 heterocycles. The van der Waals surface area contributed by atoms with Crippen molar-refractivity contribution < 1.29 is 5.11 Å². The average molecular weight is 168 g/mol. The Morgan fingerprint density at radius 3 is 1.42 bits per heavy atom. The van der Waals surface area contributed by atoms with Crippen molar-refractivity contribution in [3.05, 3.63) is 23.3 Å². The van der Waals surface area contributed by atoms with Gasteiger partial charge in [0.25, 0.3) is 0 Å². The standard InChI is InChI=1S/C8H12N2.CH4O/c1-5-3-4-6(2)8(10)7(5)9;1-2/h3-4H,9-10H2,1-2H3;2H,1H3. The number of aliphatic hydroxyl groups is 1. The second-order valence-electron chi connectivity index (χ2n) is 2.53. The van der Waals surface area contributed by atoms with E-state index < -0.39 is 0 Å². The summed E-state index contributed by atoms with van der Waals surface area (Å²) in [5.41, 5.74) is 14.8. The van der Waals surface area contributed by atoms with Crippen LogP contribution in [0.25, 0.3) is 0 Å². The Hall–Kier alpha value is -1.22. The first kappa shape index (κ1) is 10.8. The second-order valence-corrected chi connectivity index (χ2v) is 2.53. The number of hydrogen-bond donors (Lipinski definition) is 3. The third-order valence-corrected chi connectivity index (χ3v) is 1.72. The molecule has 3 heteroatoms. The van der Waals surface area contributed by atoms with Crippen LogP contribution in [-0.4, -0.2) is 12.2 Å². The highest BCUT2D eigenvalue weighted by atomic mass is 16.2. The lowest BCUT2D eigenvalue weighted by Crippen LogP contribution is -1.98. The second kappa shape index (κ2) is 4.62. The number of benzene rings is 1. The topological polar surface area (TPSA) is 72.3 Å². The van der Waals surface area contributed by atoms with Crippen LogP contribution in [0.4, 0.5) is 11.4 Å². The van der Waals surface area contributed by atoms with Gasteiger partial charge in [0.15, 0.2) is 0 Å². The molecular formula is C9H16N2O. The third kappa shape index (κ3) is 2.13. The van der Waals surface area contributed by atoms with Crippen LogP contribution in [-0.2, 0) is 0 Å². The van der Waals surface area contributed by atoms with E-state index in [9.17, 15) is 0 Å². The van der Waals surface area contributed by atoms with Gasteiger partial charge < -0.3 is 16.6 Å². The molecule has 0 aliphatic rings. The normalized spacial score (nSPS) is 8.67. The van der Waals surface area contributed by atoms with Crippen molar-refractivity contribution in [2.24, 2.45) is 0 Å². The first-order valence-electron chi connectivity index (χ1n) is 3.69. The summed E-state index contributed by atoms with van der Waals surface area (Å²) in [6.07, 6.45) is 0. The molecular weight excluding hydrogens is 152 g/mol. The van der Waals surface area contributed by atoms with Crippen LogP contribution < -0.4 is 11.5 Å². The fourth-order valence-corrected chi connectivity index (χ4v) is 0.854. The molecule has 0 saturated heterocycles. The van der Waals surface area contributed by atoms with Crippen molar-refractivity contribution in [1.29, 1.82) is 0 Å². The van der Waals surface area contributed by atoms with E-state index in [1.807, 2.05) is 26.0 Å². The van der Waals surface area contributed by atoms with E-state index in [2.05, 4.69) is 0 Å². The molecule has 1 aromatic carbocycles. The Morgan fingerprint density at radius 1 is 0.917 bits per heavy atom. The number of anilines is 2. The molecule has 1 aromatic rings. The molecule has 0 saturated carbocycles. The van der Waals surface area contributed by atoms with Gasteiger partial charge in [0, 0.05) is 7.11 Å². The van der Waals surface area contributed by atoms with Crippen molar-refractivity contribution in [3.63, 3.8) is 0 Å². The van der Waals surface area contributed by atoms with E-state index in [0.717, 1.165) is 18.2 Å². The fourth-order valence-electron chi connectivity index (χ4n) is 0.854. The van der Waals surface area contributed by atoms with E-state index in [0.29, 0.717) is 11.4 Å². The number of aliphatic hydroxyl groups excluding tert-OH is 1. The minimum absolute atomic E-state index is 0.708. The number of rotatable bonds is 0. The van der Waals surface area contributed by atoms with E-state index in [1.54, 1.807) is 0 Å². The van der Waals surface area contributed by atoms with Crippen LogP contribution in [0, 0.1) is 13.8 Å². The summed E-state index contributed by atoms with van der Waals surface area (Å²) >= 11 is 0. The molecule has 0 spiro atoms. The quantitative estimate of drug-likeness (QED) is 0.507. The summed E-state index contributed by atoms with van der Waals surface area (Å²) in [6, 6.07) is 3.95. The minimum atomic E-state index is 0.708. The number of nitrogens with two attached hydrogens (primary N) is 2. The molecule has 68 valence electrons. The summed E-state index contributed by atoms with van der Waals surface area (Å²) in [7, 11) is 1.00. The Morgan fingerprint density at radius 2 is 1.17 bits per heavy atom. The lowest BCUT2D eigenvalue weighted by atomic mass is 10.1. The maximum absolute atomic E-state index is 7.00. The number of nitrogen functional groups attached to an aromatic ring is 2. The van der Waals surface area contributed by atoms with Crippen LogP contribution in [0.2, 0.25) is 0 Å². The zero-order valence-corrected chi connectivity index (χ0v) is 7.76. The molecule has 1 rings (SSSR count). The van der Waals surface area contributed by atoms with Gasteiger partial charge in [-0.2, -0.15) is 0 Å². The van der Waals surface area contributed by atoms with Crippen LogP contribution in [0.5, 0.6) is 0 Å². The first-order valence-corrected chi connectivity index (χ1v) is 3.69. The van der Waals surface area contributed by atoms with Gasteiger partial charge in [-0.1, -0.05) is 12.1 Å². The molecule has 0 atom stereocenters. The summed E-state index contributed by atoms with van der Waals surface area (Å²) < 4.78 is 0. The predicted octanol–water partition coefficient (Wildman–Crippen LogP) is 1.08. The highest BCUT2D eigenvalue weighted by Gasteiger charge is 1.99. The number of aryl methyl sites for hydroxylation is 2. The predicted molar refractivity (Wildman–Crippen MR) is 52.9 cm³/mol. The Balaban J connectivity index is 0.000000561. The third-order valence-electron chi connectivity index (χ3n) is 1.72. The van der Waals surface area contributed by atoms with Gasteiger partial charge in [-0.05, 0) is 25.0 Å². The lowest BCUT2D eigenvalue weighted by Gasteiger charge is -2.05. The Bertz CT molecular complexity index is 232. The Labute approximate surface area is 73.0 Å². The molecule has 0 unspecified atom stereocenters. The zero-order valence-electron chi connectivity index (χ0n) is 7.76. The monoisotopic (exact) mass is 168 g/mol. The van der Waals surface area contributed by atoms with Crippen LogP contribution in [0.3, 0.4) is 0 Å². The van der Waals surface area contributed by atoms with Gasteiger partial charge in [-0.25, -0.2) is 0 Å². The molecule has 0 aliphatic heterocycles. The average Bonchev–Trinajstić information content (AvgIpc) is 2.12.